The van der Waals surface area contributed by atoms with Crippen molar-refractivity contribution in [1.82, 2.24) is 19.9 Å². The molecule has 0 bridgehead atoms. The van der Waals surface area contributed by atoms with Crippen LogP contribution < -0.4 is 10.6 Å². The van der Waals surface area contributed by atoms with Crippen LogP contribution in [0.3, 0.4) is 0 Å². The van der Waals surface area contributed by atoms with Gasteiger partial charge in [0.2, 0.25) is 21.8 Å². The van der Waals surface area contributed by atoms with E-state index in [1.54, 1.807) is 42.7 Å². The molecule has 2 aliphatic rings. The second-order valence-corrected chi connectivity index (χ2v) is 11.8. The maximum Gasteiger partial charge on any atom is 0.243 e. The predicted octanol–water partition coefficient (Wildman–Crippen LogP) is 2.96. The zero-order chi connectivity index (χ0) is 25.1. The highest BCUT2D eigenvalue weighted by atomic mass is 32.2. The second kappa shape index (κ2) is 10.5. The highest BCUT2D eigenvalue weighted by Gasteiger charge is 2.47. The molecule has 2 aromatic rings. The van der Waals surface area contributed by atoms with E-state index in [0.717, 1.165) is 24.8 Å². The molecule has 1 saturated carbocycles. The minimum Gasteiger partial charge on any atom is -0.345 e. The van der Waals surface area contributed by atoms with E-state index in [-0.39, 0.29) is 23.3 Å². The predicted molar refractivity (Wildman–Crippen MR) is 133 cm³/mol. The summed E-state index contributed by atoms with van der Waals surface area (Å²) < 4.78 is 27.9. The van der Waals surface area contributed by atoms with Crippen LogP contribution in [0.1, 0.15) is 57.9 Å². The van der Waals surface area contributed by atoms with Crippen LogP contribution in [0, 0.1) is 5.92 Å². The van der Waals surface area contributed by atoms with Crippen LogP contribution in [-0.2, 0) is 25.2 Å². The zero-order valence-electron chi connectivity index (χ0n) is 20.3. The van der Waals surface area contributed by atoms with E-state index in [1.165, 1.54) is 4.31 Å². The Bertz CT molecular complexity index is 1130. The van der Waals surface area contributed by atoms with Crippen LogP contribution in [0.25, 0.3) is 0 Å². The average molecular weight is 499 g/mol. The molecule has 2 fully saturated rings. The fourth-order valence-electron chi connectivity index (χ4n) is 4.73. The number of sulfonamides is 1. The van der Waals surface area contributed by atoms with Crippen LogP contribution in [0.2, 0.25) is 0 Å². The second-order valence-electron chi connectivity index (χ2n) is 9.94. The Balaban J connectivity index is 1.51. The van der Waals surface area contributed by atoms with Gasteiger partial charge in [0.05, 0.1) is 10.4 Å². The third-order valence-electron chi connectivity index (χ3n) is 6.77. The summed E-state index contributed by atoms with van der Waals surface area (Å²) >= 11 is 0. The summed E-state index contributed by atoms with van der Waals surface area (Å²) in [6, 6.07) is 10.4. The molecule has 1 aromatic heterocycles. The summed E-state index contributed by atoms with van der Waals surface area (Å²) in [5.74, 6) is -0.506. The lowest BCUT2D eigenvalue weighted by Crippen LogP contribution is -2.57. The van der Waals surface area contributed by atoms with E-state index in [1.807, 2.05) is 26.0 Å². The fourth-order valence-corrected chi connectivity index (χ4v) is 6.41. The number of benzene rings is 1. The van der Waals surface area contributed by atoms with E-state index in [4.69, 9.17) is 0 Å². The van der Waals surface area contributed by atoms with Crippen molar-refractivity contribution in [2.45, 2.75) is 74.9 Å². The molecule has 188 valence electrons. The van der Waals surface area contributed by atoms with E-state index in [9.17, 15) is 18.0 Å². The third-order valence-corrected chi connectivity index (χ3v) is 8.70. The van der Waals surface area contributed by atoms with Gasteiger partial charge >= 0.3 is 0 Å². The fraction of sp³-hybridized carbons (Fsp3) is 0.500. The number of aromatic nitrogens is 1. The molecule has 0 spiro atoms. The number of nitrogens with zero attached hydrogens (tertiary/aromatic N) is 2. The SMILES string of the molecule is CC(C)CC(NC(=O)C1CCCCN1S(=O)(=O)c1ccccc1)C(=O)NC1(c2cccnc2)CC1. The van der Waals surface area contributed by atoms with Gasteiger partial charge < -0.3 is 10.6 Å². The van der Waals surface area contributed by atoms with E-state index < -0.39 is 33.6 Å². The van der Waals surface area contributed by atoms with Gasteiger partial charge in [-0.15, -0.1) is 0 Å². The highest BCUT2D eigenvalue weighted by Crippen LogP contribution is 2.45. The minimum atomic E-state index is -3.83. The lowest BCUT2D eigenvalue weighted by Gasteiger charge is -2.35. The maximum atomic E-state index is 13.4. The van der Waals surface area contributed by atoms with Gasteiger partial charge in [0.1, 0.15) is 12.1 Å². The number of pyridine rings is 1. The highest BCUT2D eigenvalue weighted by molar-refractivity contribution is 7.89. The molecule has 1 saturated heterocycles. The maximum absolute atomic E-state index is 13.4. The molecule has 2 heterocycles. The van der Waals surface area contributed by atoms with Gasteiger partial charge in [0, 0.05) is 18.9 Å². The molecular formula is C26H34N4O4S. The molecule has 2 N–H and O–H groups in total. The van der Waals surface area contributed by atoms with Gasteiger partial charge in [0.25, 0.3) is 0 Å². The topological polar surface area (TPSA) is 108 Å². The molecule has 1 aliphatic carbocycles. The number of rotatable bonds is 9. The number of hydrogen-bond donors (Lipinski definition) is 2. The van der Waals surface area contributed by atoms with Crippen molar-refractivity contribution < 1.29 is 18.0 Å². The van der Waals surface area contributed by atoms with E-state index >= 15 is 0 Å². The van der Waals surface area contributed by atoms with Crippen LogP contribution in [0.4, 0.5) is 0 Å². The first kappa shape index (κ1) is 25.3. The summed E-state index contributed by atoms with van der Waals surface area (Å²) in [7, 11) is -3.83. The summed E-state index contributed by atoms with van der Waals surface area (Å²) in [5, 5.41) is 6.04. The first-order chi connectivity index (χ1) is 16.7. The molecule has 1 aromatic carbocycles. The Labute approximate surface area is 207 Å². The van der Waals surface area contributed by atoms with Crippen molar-refractivity contribution in [1.29, 1.82) is 0 Å². The molecule has 2 atom stereocenters. The first-order valence-electron chi connectivity index (χ1n) is 12.3. The van der Waals surface area contributed by atoms with Crippen molar-refractivity contribution >= 4 is 21.8 Å². The summed E-state index contributed by atoms with van der Waals surface area (Å²) in [6.07, 6.45) is 7.42. The van der Waals surface area contributed by atoms with Crippen LogP contribution in [-0.4, -0.2) is 48.1 Å². The monoisotopic (exact) mass is 498 g/mol. The molecular weight excluding hydrogens is 464 g/mol. The molecule has 0 radical (unpaired) electrons. The molecule has 1 aliphatic heterocycles. The first-order valence-corrected chi connectivity index (χ1v) is 13.8. The van der Waals surface area contributed by atoms with Gasteiger partial charge in [-0.05, 0) is 61.8 Å². The molecule has 4 rings (SSSR count). The smallest absolute Gasteiger partial charge is 0.243 e. The largest absolute Gasteiger partial charge is 0.345 e. The Morgan fingerprint density at radius 1 is 1.11 bits per heavy atom. The minimum absolute atomic E-state index is 0.162. The van der Waals surface area contributed by atoms with Gasteiger partial charge in [-0.3, -0.25) is 14.6 Å². The van der Waals surface area contributed by atoms with Gasteiger partial charge in [-0.2, -0.15) is 4.31 Å². The molecule has 2 amide bonds. The summed E-state index contributed by atoms with van der Waals surface area (Å²) in [6.45, 7) is 4.26. The zero-order valence-corrected chi connectivity index (χ0v) is 21.1. The van der Waals surface area contributed by atoms with Crippen molar-refractivity contribution in [3.8, 4) is 0 Å². The van der Waals surface area contributed by atoms with E-state index in [0.29, 0.717) is 19.3 Å². The average Bonchev–Trinajstić information content (AvgIpc) is 3.65. The normalized spacial score (nSPS) is 20.7. The number of amides is 2. The van der Waals surface area contributed by atoms with Crippen LogP contribution >= 0.6 is 0 Å². The van der Waals surface area contributed by atoms with Crippen molar-refractivity contribution in [3.05, 3.63) is 60.4 Å². The number of nitrogens with one attached hydrogen (secondary N) is 2. The van der Waals surface area contributed by atoms with Crippen LogP contribution in [0.15, 0.2) is 59.8 Å². The quantitative estimate of drug-likeness (QED) is 0.553. The molecule has 8 nitrogen and oxygen atoms in total. The van der Waals surface area contributed by atoms with Crippen molar-refractivity contribution in [2.24, 2.45) is 5.92 Å². The lowest BCUT2D eigenvalue weighted by molar-refractivity contribution is -0.132. The van der Waals surface area contributed by atoms with Gasteiger partial charge in [-0.25, -0.2) is 8.42 Å². The molecule has 2 unspecified atom stereocenters. The standard InChI is InChI=1S/C26H34N4O4S/c1-19(2)17-22(24(31)29-26(13-14-26)20-9-8-15-27-18-20)28-25(32)23-12-6-7-16-30(23)35(33,34)21-10-4-3-5-11-21/h3-5,8-11,15,18-19,22-23H,6-7,12-14,16-17H2,1-2H3,(H,28,32)(H,29,31). The Morgan fingerprint density at radius 3 is 2.49 bits per heavy atom. The summed E-state index contributed by atoms with van der Waals surface area (Å²) in [4.78, 5) is 31.1. The number of hydrogen-bond acceptors (Lipinski definition) is 5. The van der Waals surface area contributed by atoms with Crippen LogP contribution in [0.5, 0.6) is 0 Å². The Kier molecular flexibility index (Phi) is 7.56. The van der Waals surface area contributed by atoms with E-state index in [2.05, 4.69) is 15.6 Å². The lowest BCUT2D eigenvalue weighted by atomic mass is 9.99. The summed E-state index contributed by atoms with van der Waals surface area (Å²) in [5.41, 5.74) is 0.508. The Hall–Kier alpha value is -2.78. The molecule has 9 heteroatoms. The number of piperidine rings is 1. The van der Waals surface area contributed by atoms with Gasteiger partial charge in [0.15, 0.2) is 0 Å². The van der Waals surface area contributed by atoms with Crippen molar-refractivity contribution in [3.63, 3.8) is 0 Å². The Morgan fingerprint density at radius 2 is 1.86 bits per heavy atom. The third kappa shape index (κ3) is 5.73. The number of carbonyl (C=O) groups excluding carboxylic acids is 2. The number of carbonyl (C=O) groups is 2. The molecule has 35 heavy (non-hydrogen) atoms. The van der Waals surface area contributed by atoms with Gasteiger partial charge in [-0.1, -0.05) is 44.5 Å². The van der Waals surface area contributed by atoms with Crippen molar-refractivity contribution in [2.75, 3.05) is 6.54 Å².